The minimum absolute atomic E-state index is 0.208. The quantitative estimate of drug-likeness (QED) is 0.550. The van der Waals surface area contributed by atoms with Gasteiger partial charge in [-0.1, -0.05) is 29.8 Å². The Morgan fingerprint density at radius 1 is 1.18 bits per heavy atom. The fourth-order valence-corrected chi connectivity index (χ4v) is 2.56. The van der Waals surface area contributed by atoms with Crippen molar-refractivity contribution in [1.29, 1.82) is 0 Å². The zero-order chi connectivity index (χ0) is 16.1. The first-order chi connectivity index (χ1) is 10.5. The lowest BCUT2D eigenvalue weighted by Crippen LogP contribution is -2.08. The molecule has 0 bridgehead atoms. The van der Waals surface area contributed by atoms with Gasteiger partial charge in [0.25, 0.3) is 0 Å². The molecule has 0 heterocycles. The molecule has 116 valence electrons. The molecule has 1 atom stereocenters. The van der Waals surface area contributed by atoms with E-state index in [1.807, 2.05) is 18.2 Å². The smallest absolute Gasteiger partial charge is 0.221 e. The van der Waals surface area contributed by atoms with Crippen LogP contribution in [-0.4, -0.2) is 11.1 Å². The molecule has 0 radical (unpaired) electrons. The van der Waals surface area contributed by atoms with Crippen molar-refractivity contribution in [2.45, 2.75) is 18.7 Å². The lowest BCUT2D eigenvalue weighted by atomic mass is 10.0. The van der Waals surface area contributed by atoms with Crippen LogP contribution in [0.1, 0.15) is 23.4 Å². The van der Waals surface area contributed by atoms with E-state index in [0.29, 0.717) is 22.8 Å². The molecule has 22 heavy (non-hydrogen) atoms. The van der Waals surface area contributed by atoms with Crippen LogP contribution in [0.3, 0.4) is 0 Å². The van der Waals surface area contributed by atoms with Gasteiger partial charge in [-0.15, -0.1) is 11.6 Å². The highest BCUT2D eigenvalue weighted by molar-refractivity contribution is 6.30. The number of hydrogen-bond donors (Lipinski definition) is 3. The van der Waals surface area contributed by atoms with Gasteiger partial charge in [0.15, 0.2) is 0 Å². The second-order valence-corrected chi connectivity index (χ2v) is 5.86. The molecule has 1 unspecified atom stereocenters. The fourth-order valence-electron chi connectivity index (χ4n) is 2.11. The molecule has 0 aliphatic heterocycles. The van der Waals surface area contributed by atoms with Crippen molar-refractivity contribution in [2.75, 3.05) is 10.8 Å². The largest absolute Gasteiger partial charge is 0.324 e. The Morgan fingerprint density at radius 2 is 1.86 bits per heavy atom. The maximum absolute atomic E-state index is 11.1. The third-order valence-corrected chi connectivity index (χ3v) is 3.82. The topological polar surface area (TPSA) is 61.4 Å². The van der Waals surface area contributed by atoms with E-state index in [4.69, 9.17) is 23.2 Å². The molecular weight excluding hydrogens is 323 g/mol. The van der Waals surface area contributed by atoms with Crippen molar-refractivity contribution in [1.82, 2.24) is 0 Å². The van der Waals surface area contributed by atoms with Crippen LogP contribution < -0.4 is 10.8 Å². The Morgan fingerprint density at radius 3 is 2.45 bits per heavy atom. The number of amides is 1. The van der Waals surface area contributed by atoms with Crippen LogP contribution in [0.25, 0.3) is 0 Å². The Balaban J connectivity index is 2.15. The SMILES string of the molecule is CC(=O)Nc1ccc(CC(Cl)c2ccc(Cl)cc2)cc1NO. The highest BCUT2D eigenvalue weighted by Gasteiger charge is 2.11. The second kappa shape index (κ2) is 7.49. The fraction of sp³-hybridized carbons (Fsp3) is 0.188. The lowest BCUT2D eigenvalue weighted by molar-refractivity contribution is -0.114. The summed E-state index contributed by atoms with van der Waals surface area (Å²) in [6.45, 7) is 1.41. The minimum Gasteiger partial charge on any atom is -0.324 e. The molecule has 1 amide bonds. The summed E-state index contributed by atoms with van der Waals surface area (Å²) < 4.78 is 0. The van der Waals surface area contributed by atoms with Crippen LogP contribution in [0.15, 0.2) is 42.5 Å². The van der Waals surface area contributed by atoms with E-state index in [9.17, 15) is 10.0 Å². The van der Waals surface area contributed by atoms with E-state index in [1.54, 1.807) is 24.3 Å². The molecule has 2 aromatic rings. The van der Waals surface area contributed by atoms with Crippen LogP contribution in [0.4, 0.5) is 11.4 Å². The van der Waals surface area contributed by atoms with Crippen molar-refractivity contribution < 1.29 is 10.0 Å². The number of alkyl halides is 1. The Kier molecular flexibility index (Phi) is 5.66. The number of carbonyl (C=O) groups excluding carboxylic acids is 1. The monoisotopic (exact) mass is 338 g/mol. The molecular formula is C16H16Cl2N2O2. The normalized spacial score (nSPS) is 11.8. The zero-order valence-corrected chi connectivity index (χ0v) is 13.4. The summed E-state index contributed by atoms with van der Waals surface area (Å²) in [5.41, 5.74) is 4.92. The summed E-state index contributed by atoms with van der Waals surface area (Å²) in [6, 6.07) is 12.7. The third-order valence-electron chi connectivity index (χ3n) is 3.16. The molecule has 0 spiro atoms. The molecule has 0 aliphatic rings. The lowest BCUT2D eigenvalue weighted by Gasteiger charge is -2.13. The highest BCUT2D eigenvalue weighted by Crippen LogP contribution is 2.29. The van der Waals surface area contributed by atoms with Crippen LogP contribution in [-0.2, 0) is 11.2 Å². The van der Waals surface area contributed by atoms with Gasteiger partial charge in [-0.2, -0.15) is 0 Å². The summed E-state index contributed by atoms with van der Waals surface area (Å²) in [7, 11) is 0. The Hall–Kier alpha value is -1.75. The second-order valence-electron chi connectivity index (χ2n) is 4.90. The van der Waals surface area contributed by atoms with Gasteiger partial charge in [-0.25, -0.2) is 0 Å². The first kappa shape index (κ1) is 16.6. The van der Waals surface area contributed by atoms with Gasteiger partial charge in [-0.3, -0.25) is 15.5 Å². The van der Waals surface area contributed by atoms with Crippen molar-refractivity contribution in [3.8, 4) is 0 Å². The number of nitrogens with one attached hydrogen (secondary N) is 2. The molecule has 4 nitrogen and oxygen atoms in total. The van der Waals surface area contributed by atoms with Gasteiger partial charge in [0.2, 0.25) is 5.91 Å². The van der Waals surface area contributed by atoms with Crippen LogP contribution in [0.5, 0.6) is 0 Å². The van der Waals surface area contributed by atoms with Crippen molar-refractivity contribution in [3.05, 3.63) is 58.6 Å². The molecule has 0 saturated heterocycles. The van der Waals surface area contributed by atoms with E-state index in [1.165, 1.54) is 6.92 Å². The number of benzene rings is 2. The third kappa shape index (κ3) is 4.37. The molecule has 0 saturated carbocycles. The summed E-state index contributed by atoms with van der Waals surface area (Å²) in [5, 5.41) is 12.3. The molecule has 2 aromatic carbocycles. The Labute approximate surface area is 139 Å². The predicted octanol–water partition coefficient (Wildman–Crippen LogP) is 4.62. The Bertz CT molecular complexity index is 660. The minimum atomic E-state index is -0.213. The van der Waals surface area contributed by atoms with Crippen LogP contribution in [0, 0.1) is 0 Å². The molecule has 6 heteroatoms. The van der Waals surface area contributed by atoms with Crippen molar-refractivity contribution in [2.24, 2.45) is 0 Å². The molecule has 3 N–H and O–H groups in total. The van der Waals surface area contributed by atoms with Crippen molar-refractivity contribution in [3.63, 3.8) is 0 Å². The van der Waals surface area contributed by atoms with Crippen molar-refractivity contribution >= 4 is 40.5 Å². The molecule has 0 aliphatic carbocycles. The maximum Gasteiger partial charge on any atom is 0.221 e. The number of rotatable bonds is 5. The van der Waals surface area contributed by atoms with E-state index < -0.39 is 0 Å². The van der Waals surface area contributed by atoms with Gasteiger partial charge < -0.3 is 5.32 Å². The number of carbonyl (C=O) groups is 1. The average Bonchev–Trinajstić information content (AvgIpc) is 2.49. The number of hydrogen-bond acceptors (Lipinski definition) is 3. The first-order valence-electron chi connectivity index (χ1n) is 6.69. The standard InChI is InChI=1S/C16H16Cl2N2O2/c1-10(21)19-15-7-2-11(9-16(15)20-22)8-14(18)12-3-5-13(17)6-4-12/h2-7,9,14,20,22H,8H2,1H3,(H,19,21). The first-order valence-corrected chi connectivity index (χ1v) is 7.51. The van der Waals surface area contributed by atoms with Crippen LogP contribution in [0.2, 0.25) is 5.02 Å². The van der Waals surface area contributed by atoms with E-state index in [0.717, 1.165) is 11.1 Å². The molecule has 2 rings (SSSR count). The number of halogens is 2. The van der Waals surface area contributed by atoms with Gasteiger partial charge >= 0.3 is 0 Å². The van der Waals surface area contributed by atoms with Gasteiger partial charge in [0, 0.05) is 11.9 Å². The summed E-state index contributed by atoms with van der Waals surface area (Å²) >= 11 is 12.3. The zero-order valence-electron chi connectivity index (χ0n) is 11.9. The highest BCUT2D eigenvalue weighted by atomic mass is 35.5. The van der Waals surface area contributed by atoms with Gasteiger partial charge in [0.1, 0.15) is 0 Å². The van der Waals surface area contributed by atoms with E-state index >= 15 is 0 Å². The summed E-state index contributed by atoms with van der Waals surface area (Å²) in [4.78, 5) is 11.1. The van der Waals surface area contributed by atoms with Gasteiger partial charge in [-0.05, 0) is 41.8 Å². The van der Waals surface area contributed by atoms with Gasteiger partial charge in [0.05, 0.1) is 16.8 Å². The molecule has 0 aromatic heterocycles. The van der Waals surface area contributed by atoms with E-state index in [2.05, 4.69) is 10.8 Å². The molecule has 0 fully saturated rings. The van der Waals surface area contributed by atoms with E-state index in [-0.39, 0.29) is 11.3 Å². The summed E-state index contributed by atoms with van der Waals surface area (Å²) in [5.74, 6) is -0.208. The average molecular weight is 339 g/mol. The predicted molar refractivity (Wildman–Crippen MR) is 89.9 cm³/mol. The maximum atomic E-state index is 11.1. The van der Waals surface area contributed by atoms with Crippen LogP contribution >= 0.6 is 23.2 Å². The number of anilines is 2. The summed E-state index contributed by atoms with van der Waals surface area (Å²) in [6.07, 6.45) is 0.582.